The average molecular weight is 496 g/mol. The van der Waals surface area contributed by atoms with Gasteiger partial charge in [0.05, 0.1) is 24.6 Å². The highest BCUT2D eigenvalue weighted by Crippen LogP contribution is 2.20. The van der Waals surface area contributed by atoms with Crippen molar-refractivity contribution in [2.24, 2.45) is 10.9 Å². The highest BCUT2D eigenvalue weighted by atomic mass is 127. The molecule has 0 bridgehead atoms. The van der Waals surface area contributed by atoms with Crippen molar-refractivity contribution in [2.45, 2.75) is 33.2 Å². The topological polar surface area (TPSA) is 66.8 Å². The van der Waals surface area contributed by atoms with E-state index in [1.807, 2.05) is 25.3 Å². The van der Waals surface area contributed by atoms with Gasteiger partial charge in [0.15, 0.2) is 5.96 Å². The minimum absolute atomic E-state index is 0. The normalized spacial score (nSPS) is 17.1. The molecular weight excluding hydrogens is 467 g/mol. The molecule has 1 atom stereocenters. The number of nitrogens with one attached hydrogen (secondary N) is 1. The van der Waals surface area contributed by atoms with Crippen molar-refractivity contribution in [3.8, 4) is 0 Å². The molecule has 28 heavy (non-hydrogen) atoms. The summed E-state index contributed by atoms with van der Waals surface area (Å²) in [6.07, 6.45) is 3.65. The van der Waals surface area contributed by atoms with Gasteiger partial charge in [0.1, 0.15) is 0 Å². The van der Waals surface area contributed by atoms with Crippen LogP contribution in [-0.2, 0) is 16.1 Å². The highest BCUT2D eigenvalue weighted by Gasteiger charge is 2.28. The predicted molar refractivity (Wildman–Crippen MR) is 123 cm³/mol. The summed E-state index contributed by atoms with van der Waals surface area (Å²) >= 11 is 0. The molecule has 1 aromatic heterocycles. The molecule has 152 valence electrons. The second kappa shape index (κ2) is 11.2. The Balaban J connectivity index is 0.00000280. The van der Waals surface area contributed by atoms with Gasteiger partial charge < -0.3 is 15.0 Å². The average Bonchev–Trinajstić information content (AvgIpc) is 2.71. The molecule has 7 heteroatoms. The summed E-state index contributed by atoms with van der Waals surface area (Å²) in [5, 5.41) is 4.49. The van der Waals surface area contributed by atoms with E-state index in [1.54, 1.807) is 0 Å². The number of hydrogen-bond donors (Lipinski definition) is 1. The van der Waals surface area contributed by atoms with Crippen LogP contribution in [0, 0.1) is 5.92 Å². The number of rotatable bonds is 5. The number of halogens is 1. The minimum atomic E-state index is -0.101. The summed E-state index contributed by atoms with van der Waals surface area (Å²) in [7, 11) is 0. The highest BCUT2D eigenvalue weighted by molar-refractivity contribution is 14.0. The van der Waals surface area contributed by atoms with Crippen molar-refractivity contribution in [2.75, 3.05) is 26.2 Å². The first-order valence-corrected chi connectivity index (χ1v) is 9.75. The van der Waals surface area contributed by atoms with Crippen LogP contribution in [0.3, 0.4) is 0 Å². The number of likely N-dealkylation sites (tertiary alicyclic amines) is 1. The van der Waals surface area contributed by atoms with E-state index in [0.29, 0.717) is 19.7 Å². The van der Waals surface area contributed by atoms with Crippen LogP contribution < -0.4 is 5.32 Å². The zero-order valence-electron chi connectivity index (χ0n) is 16.6. The molecule has 6 nitrogen and oxygen atoms in total. The lowest BCUT2D eigenvalue weighted by Gasteiger charge is -2.34. The van der Waals surface area contributed by atoms with Gasteiger partial charge in [-0.05, 0) is 38.3 Å². The van der Waals surface area contributed by atoms with Crippen LogP contribution in [0.4, 0.5) is 0 Å². The van der Waals surface area contributed by atoms with E-state index in [1.165, 1.54) is 0 Å². The molecule has 1 aromatic carbocycles. The van der Waals surface area contributed by atoms with Crippen molar-refractivity contribution < 1.29 is 9.53 Å². The van der Waals surface area contributed by atoms with E-state index >= 15 is 0 Å². The fourth-order valence-electron chi connectivity index (χ4n) is 3.50. The van der Waals surface area contributed by atoms with Gasteiger partial charge in [-0.2, -0.15) is 0 Å². The molecule has 0 spiro atoms. The lowest BCUT2D eigenvalue weighted by molar-refractivity contribution is -0.149. The van der Waals surface area contributed by atoms with Crippen molar-refractivity contribution in [3.63, 3.8) is 0 Å². The maximum Gasteiger partial charge on any atom is 0.310 e. The predicted octanol–water partition coefficient (Wildman–Crippen LogP) is 3.59. The molecule has 1 fully saturated rings. The number of aliphatic imine (C=N–C) groups is 1. The molecule has 1 aliphatic heterocycles. The van der Waals surface area contributed by atoms with Gasteiger partial charge >= 0.3 is 5.97 Å². The smallest absolute Gasteiger partial charge is 0.310 e. The van der Waals surface area contributed by atoms with E-state index in [-0.39, 0.29) is 35.9 Å². The molecule has 1 N–H and O–H groups in total. The lowest BCUT2D eigenvalue weighted by atomic mass is 9.98. The van der Waals surface area contributed by atoms with Gasteiger partial charge in [0, 0.05) is 31.2 Å². The summed E-state index contributed by atoms with van der Waals surface area (Å²) in [4.78, 5) is 23.7. The quantitative estimate of drug-likeness (QED) is 0.297. The maximum atomic E-state index is 12.1. The molecule has 0 radical (unpaired) electrons. The van der Waals surface area contributed by atoms with Crippen molar-refractivity contribution in [1.82, 2.24) is 15.2 Å². The number of carbonyl (C=O) groups is 1. The number of esters is 1. The van der Waals surface area contributed by atoms with E-state index in [4.69, 9.17) is 9.73 Å². The largest absolute Gasteiger partial charge is 0.466 e. The fraction of sp³-hybridized carbons (Fsp3) is 0.476. The molecule has 0 saturated carbocycles. The number of carbonyl (C=O) groups excluding carboxylic acids is 1. The SMILES string of the molecule is CCNC(=NCc1cccc2cccnc12)N1CCCC(C(=O)OCC)C1.I. The molecule has 1 saturated heterocycles. The zero-order valence-corrected chi connectivity index (χ0v) is 18.9. The van der Waals surface area contributed by atoms with Crippen LogP contribution in [0.15, 0.2) is 41.5 Å². The number of ether oxygens (including phenoxy) is 1. The van der Waals surface area contributed by atoms with E-state index in [2.05, 4.69) is 40.3 Å². The zero-order chi connectivity index (χ0) is 19.1. The number of fused-ring (bicyclic) bond motifs is 1. The van der Waals surface area contributed by atoms with Crippen LogP contribution in [0.5, 0.6) is 0 Å². The molecule has 0 aliphatic carbocycles. The Morgan fingerprint density at radius 1 is 1.32 bits per heavy atom. The van der Waals surface area contributed by atoms with Crippen LogP contribution >= 0.6 is 24.0 Å². The first-order chi connectivity index (χ1) is 13.2. The fourth-order valence-corrected chi connectivity index (χ4v) is 3.50. The molecule has 2 heterocycles. The molecule has 2 aromatic rings. The third kappa shape index (κ3) is 5.56. The maximum absolute atomic E-state index is 12.1. The van der Waals surface area contributed by atoms with Gasteiger partial charge in [-0.1, -0.05) is 24.3 Å². The third-order valence-corrected chi connectivity index (χ3v) is 4.79. The number of piperidine rings is 1. The number of benzene rings is 1. The van der Waals surface area contributed by atoms with Gasteiger partial charge in [-0.3, -0.25) is 9.78 Å². The number of nitrogens with zero attached hydrogens (tertiary/aromatic N) is 3. The Morgan fingerprint density at radius 3 is 2.93 bits per heavy atom. The first-order valence-electron chi connectivity index (χ1n) is 9.75. The van der Waals surface area contributed by atoms with Crippen molar-refractivity contribution in [3.05, 3.63) is 42.1 Å². The lowest BCUT2D eigenvalue weighted by Crippen LogP contribution is -2.48. The number of guanidine groups is 1. The van der Waals surface area contributed by atoms with Crippen LogP contribution in [0.25, 0.3) is 10.9 Å². The van der Waals surface area contributed by atoms with Crippen LogP contribution in [-0.4, -0.2) is 48.1 Å². The Hall–Kier alpha value is -1.90. The monoisotopic (exact) mass is 496 g/mol. The number of pyridine rings is 1. The van der Waals surface area contributed by atoms with Crippen LogP contribution in [0.1, 0.15) is 32.3 Å². The third-order valence-electron chi connectivity index (χ3n) is 4.79. The number of aromatic nitrogens is 1. The first kappa shape index (κ1) is 22.4. The standard InChI is InChI=1S/C21H28N4O2.HI/c1-3-22-21(25-13-7-11-18(15-25)20(26)27-4-2)24-14-17-9-5-8-16-10-6-12-23-19(16)17;/h5-6,8-10,12,18H,3-4,7,11,13-15H2,1-2H3,(H,22,24);1H. The second-order valence-electron chi connectivity index (χ2n) is 6.70. The Morgan fingerprint density at radius 2 is 2.14 bits per heavy atom. The summed E-state index contributed by atoms with van der Waals surface area (Å²) in [6, 6.07) is 10.2. The van der Waals surface area contributed by atoms with Gasteiger partial charge in [0.25, 0.3) is 0 Å². The second-order valence-corrected chi connectivity index (χ2v) is 6.70. The number of para-hydroxylation sites is 1. The number of hydrogen-bond acceptors (Lipinski definition) is 4. The summed E-state index contributed by atoms with van der Waals surface area (Å²) < 4.78 is 5.21. The minimum Gasteiger partial charge on any atom is -0.466 e. The summed E-state index contributed by atoms with van der Waals surface area (Å²) in [6.45, 7) is 7.22. The van der Waals surface area contributed by atoms with Crippen LogP contribution in [0.2, 0.25) is 0 Å². The van der Waals surface area contributed by atoms with Crippen molar-refractivity contribution >= 4 is 46.8 Å². The molecule has 1 unspecified atom stereocenters. The summed E-state index contributed by atoms with van der Waals surface area (Å²) in [5.41, 5.74) is 2.09. The molecular formula is C21H29IN4O2. The van der Waals surface area contributed by atoms with Crippen molar-refractivity contribution in [1.29, 1.82) is 0 Å². The Bertz CT molecular complexity index is 807. The van der Waals surface area contributed by atoms with Gasteiger partial charge in [-0.25, -0.2) is 4.99 Å². The summed E-state index contributed by atoms with van der Waals surface area (Å²) in [5.74, 6) is 0.664. The van der Waals surface area contributed by atoms with Gasteiger partial charge in [0.2, 0.25) is 0 Å². The van der Waals surface area contributed by atoms with E-state index in [9.17, 15) is 4.79 Å². The van der Waals surface area contributed by atoms with Gasteiger partial charge in [-0.15, -0.1) is 24.0 Å². The molecule has 3 rings (SSSR count). The Kier molecular flexibility index (Phi) is 8.95. The molecule has 1 aliphatic rings. The van der Waals surface area contributed by atoms with E-state index < -0.39 is 0 Å². The Labute approximate surface area is 183 Å². The van der Waals surface area contributed by atoms with E-state index in [0.717, 1.165) is 48.4 Å². The molecule has 0 amide bonds.